The Labute approximate surface area is 182 Å². The fourth-order valence-corrected chi connectivity index (χ4v) is 5.38. The predicted molar refractivity (Wildman–Crippen MR) is 117 cm³/mol. The van der Waals surface area contributed by atoms with Crippen molar-refractivity contribution in [1.82, 2.24) is 14.9 Å². The highest BCUT2D eigenvalue weighted by Gasteiger charge is 2.27. The molecule has 1 fully saturated rings. The first kappa shape index (κ1) is 23.2. The average molecular weight is 467 g/mol. The van der Waals surface area contributed by atoms with Gasteiger partial charge in [-0.05, 0) is 82.1 Å². The van der Waals surface area contributed by atoms with Crippen molar-refractivity contribution in [3.05, 3.63) is 54.1 Å². The predicted octanol–water partition coefficient (Wildman–Crippen LogP) is 1.96. The van der Waals surface area contributed by atoms with Gasteiger partial charge in [0.2, 0.25) is 20.0 Å². The molecule has 0 aliphatic heterocycles. The molecule has 0 spiro atoms. The molecule has 31 heavy (non-hydrogen) atoms. The summed E-state index contributed by atoms with van der Waals surface area (Å²) in [7, 11) is -7.22. The Morgan fingerprint density at radius 3 is 1.87 bits per heavy atom. The van der Waals surface area contributed by atoms with Crippen molar-refractivity contribution in [2.45, 2.75) is 55.0 Å². The minimum absolute atomic E-state index is 0.0210. The normalized spacial score (nSPS) is 14.8. The van der Waals surface area contributed by atoms with Crippen LogP contribution in [0, 0.1) is 0 Å². The molecule has 0 atom stereocenters. The van der Waals surface area contributed by atoms with Crippen LogP contribution in [0.2, 0.25) is 0 Å². The van der Waals surface area contributed by atoms with E-state index in [9.17, 15) is 21.6 Å². The van der Waals surface area contributed by atoms with Crippen LogP contribution in [0.15, 0.2) is 58.3 Å². The average Bonchev–Trinajstić information content (AvgIpc) is 3.48. The summed E-state index contributed by atoms with van der Waals surface area (Å²) >= 11 is 0. The summed E-state index contributed by atoms with van der Waals surface area (Å²) in [5.74, 6) is -0.472. The number of sulfonamides is 2. The smallest absolute Gasteiger partial charge is 0.269 e. The van der Waals surface area contributed by atoms with E-state index in [0.717, 1.165) is 12.8 Å². The highest BCUT2D eigenvalue weighted by atomic mass is 32.2. The highest BCUT2D eigenvalue weighted by Crippen LogP contribution is 2.22. The van der Waals surface area contributed by atoms with Crippen molar-refractivity contribution >= 4 is 31.6 Å². The molecule has 0 bridgehead atoms. The second-order valence-corrected chi connectivity index (χ2v) is 11.8. The molecule has 0 saturated heterocycles. The highest BCUT2D eigenvalue weighted by molar-refractivity contribution is 7.89. The molecular formula is C20H26N4O5S2. The summed E-state index contributed by atoms with van der Waals surface area (Å²) in [6.07, 6.45) is 1.70. The van der Waals surface area contributed by atoms with Crippen molar-refractivity contribution < 1.29 is 21.6 Å². The van der Waals surface area contributed by atoms with Crippen molar-refractivity contribution in [2.24, 2.45) is 0 Å². The Kier molecular flexibility index (Phi) is 6.42. The molecule has 2 aromatic rings. The molecule has 0 unspecified atom stereocenters. The van der Waals surface area contributed by atoms with E-state index >= 15 is 0 Å². The number of benzene rings is 2. The Hall–Kier alpha value is -2.47. The van der Waals surface area contributed by atoms with Crippen LogP contribution in [0.5, 0.6) is 0 Å². The van der Waals surface area contributed by atoms with E-state index in [2.05, 4.69) is 20.3 Å². The molecule has 4 N–H and O–H groups in total. The number of hydrogen-bond donors (Lipinski definition) is 4. The number of amides is 1. The van der Waals surface area contributed by atoms with Gasteiger partial charge in [0.1, 0.15) is 0 Å². The van der Waals surface area contributed by atoms with Crippen molar-refractivity contribution in [2.75, 3.05) is 5.43 Å². The van der Waals surface area contributed by atoms with E-state index in [0.29, 0.717) is 5.69 Å². The first-order chi connectivity index (χ1) is 14.4. The summed E-state index contributed by atoms with van der Waals surface area (Å²) < 4.78 is 54.1. The second kappa shape index (κ2) is 8.58. The lowest BCUT2D eigenvalue weighted by atomic mass is 10.1. The van der Waals surface area contributed by atoms with Gasteiger partial charge in [0.05, 0.1) is 15.5 Å². The molecule has 3 rings (SSSR count). The zero-order valence-corrected chi connectivity index (χ0v) is 19.1. The quantitative estimate of drug-likeness (QED) is 0.440. The monoisotopic (exact) mass is 466 g/mol. The van der Waals surface area contributed by atoms with Gasteiger partial charge in [0, 0.05) is 17.1 Å². The number of hydrogen-bond acceptors (Lipinski definition) is 6. The van der Waals surface area contributed by atoms with Gasteiger partial charge in [-0.1, -0.05) is 0 Å². The molecule has 1 amide bonds. The first-order valence-electron chi connectivity index (χ1n) is 9.69. The molecule has 11 heteroatoms. The zero-order valence-electron chi connectivity index (χ0n) is 17.5. The van der Waals surface area contributed by atoms with Crippen molar-refractivity contribution in [3.8, 4) is 0 Å². The standard InChI is InChI=1S/C20H26N4O5S2/c1-20(2,3)24-31(28,29)18-10-4-14(5-11-18)19(25)22-21-15-8-12-17(13-9-15)30(26,27)23-16-6-7-16/h4-5,8-13,16,21,23-24H,6-7H2,1-3H3,(H,22,25). The van der Waals surface area contributed by atoms with Gasteiger partial charge in [0.25, 0.3) is 5.91 Å². The SMILES string of the molecule is CC(C)(C)NS(=O)(=O)c1ccc(C(=O)NNc2ccc(S(=O)(=O)NC3CC3)cc2)cc1. The largest absolute Gasteiger partial charge is 0.298 e. The third-order valence-corrected chi connectivity index (χ3v) is 7.56. The fraction of sp³-hybridized carbons (Fsp3) is 0.350. The molecule has 0 radical (unpaired) electrons. The number of rotatable bonds is 8. The maximum absolute atomic E-state index is 12.3. The fourth-order valence-electron chi connectivity index (χ4n) is 2.65. The maximum atomic E-state index is 12.3. The Balaban J connectivity index is 1.59. The Morgan fingerprint density at radius 1 is 0.839 bits per heavy atom. The van der Waals surface area contributed by atoms with E-state index in [1.165, 1.54) is 48.5 Å². The molecule has 0 aromatic heterocycles. The van der Waals surface area contributed by atoms with E-state index < -0.39 is 31.5 Å². The summed E-state index contributed by atoms with van der Waals surface area (Å²) in [6.45, 7) is 5.22. The molecule has 168 valence electrons. The van der Waals surface area contributed by atoms with Gasteiger partial charge in [-0.25, -0.2) is 26.3 Å². The summed E-state index contributed by atoms with van der Waals surface area (Å²) in [5.41, 5.74) is 5.33. The molecule has 1 aliphatic rings. The Bertz CT molecular complexity index is 1150. The van der Waals surface area contributed by atoms with Crippen LogP contribution in [-0.4, -0.2) is 34.3 Å². The maximum Gasteiger partial charge on any atom is 0.269 e. The number of hydrazine groups is 1. The van der Waals surface area contributed by atoms with Gasteiger partial charge < -0.3 is 0 Å². The van der Waals surface area contributed by atoms with Gasteiger partial charge in [0.15, 0.2) is 0 Å². The van der Waals surface area contributed by atoms with Crippen LogP contribution in [0.25, 0.3) is 0 Å². The van der Waals surface area contributed by atoms with Gasteiger partial charge >= 0.3 is 0 Å². The van der Waals surface area contributed by atoms with E-state index in [-0.39, 0.29) is 21.4 Å². The first-order valence-corrected chi connectivity index (χ1v) is 12.7. The van der Waals surface area contributed by atoms with Crippen LogP contribution in [-0.2, 0) is 20.0 Å². The summed E-state index contributed by atoms with van der Waals surface area (Å²) in [6, 6.07) is 11.5. The number of carbonyl (C=O) groups excluding carboxylic acids is 1. The molecule has 1 aliphatic carbocycles. The Morgan fingerprint density at radius 2 is 1.35 bits per heavy atom. The van der Waals surface area contributed by atoms with Crippen LogP contribution in [0.4, 0.5) is 5.69 Å². The molecule has 0 heterocycles. The number of anilines is 1. The van der Waals surface area contributed by atoms with Crippen LogP contribution >= 0.6 is 0 Å². The lowest BCUT2D eigenvalue weighted by Crippen LogP contribution is -2.40. The molecule has 2 aromatic carbocycles. The van der Waals surface area contributed by atoms with Crippen molar-refractivity contribution in [3.63, 3.8) is 0 Å². The summed E-state index contributed by atoms with van der Waals surface area (Å²) in [5, 5.41) is 0. The molecular weight excluding hydrogens is 440 g/mol. The lowest BCUT2D eigenvalue weighted by Gasteiger charge is -2.20. The third-order valence-electron chi connectivity index (χ3n) is 4.25. The van der Waals surface area contributed by atoms with Crippen LogP contribution in [0.3, 0.4) is 0 Å². The minimum Gasteiger partial charge on any atom is -0.298 e. The van der Waals surface area contributed by atoms with Gasteiger partial charge in [-0.15, -0.1) is 0 Å². The van der Waals surface area contributed by atoms with Crippen LogP contribution < -0.4 is 20.3 Å². The van der Waals surface area contributed by atoms with E-state index in [1.807, 2.05) is 0 Å². The topological polar surface area (TPSA) is 133 Å². The van der Waals surface area contributed by atoms with Gasteiger partial charge in [-0.3, -0.25) is 15.6 Å². The minimum atomic E-state index is -3.69. The summed E-state index contributed by atoms with van der Waals surface area (Å²) in [4.78, 5) is 12.5. The number of carbonyl (C=O) groups is 1. The van der Waals surface area contributed by atoms with Crippen molar-refractivity contribution in [1.29, 1.82) is 0 Å². The van der Waals surface area contributed by atoms with E-state index in [1.54, 1.807) is 20.8 Å². The van der Waals surface area contributed by atoms with E-state index in [4.69, 9.17) is 0 Å². The van der Waals surface area contributed by atoms with Gasteiger partial charge in [-0.2, -0.15) is 0 Å². The third kappa shape index (κ3) is 6.50. The molecule has 9 nitrogen and oxygen atoms in total. The zero-order chi connectivity index (χ0) is 22.9. The second-order valence-electron chi connectivity index (χ2n) is 8.38. The molecule has 1 saturated carbocycles. The number of nitrogens with one attached hydrogen (secondary N) is 4. The lowest BCUT2D eigenvalue weighted by molar-refractivity contribution is 0.0962. The van der Waals surface area contributed by atoms with Crippen LogP contribution in [0.1, 0.15) is 44.0 Å².